The molecule has 1 saturated heterocycles. The van der Waals surface area contributed by atoms with E-state index in [1.54, 1.807) is 11.1 Å². The Hall–Kier alpha value is -1.63. The number of hydrogen-bond donors (Lipinski definition) is 2. The lowest BCUT2D eigenvalue weighted by molar-refractivity contribution is -0.141. The van der Waals surface area contributed by atoms with E-state index in [9.17, 15) is 9.59 Å². The Morgan fingerprint density at radius 3 is 3.00 bits per heavy atom. The minimum Gasteiger partial charge on any atom is -0.481 e. The Morgan fingerprint density at radius 1 is 1.67 bits per heavy atom. The molecule has 18 heavy (non-hydrogen) atoms. The van der Waals surface area contributed by atoms with Gasteiger partial charge in [0, 0.05) is 24.7 Å². The summed E-state index contributed by atoms with van der Waals surface area (Å²) in [5.74, 6) is -1.27. The topological polar surface area (TPSA) is 82.5 Å². The molecule has 2 heterocycles. The van der Waals surface area contributed by atoms with Crippen LogP contribution in [0.2, 0.25) is 0 Å². The minimum absolute atomic E-state index is 0.152. The number of thiazole rings is 1. The smallest absolute Gasteiger partial charge is 0.317 e. The largest absolute Gasteiger partial charge is 0.481 e. The van der Waals surface area contributed by atoms with Crippen molar-refractivity contribution in [3.8, 4) is 0 Å². The molecule has 0 saturated carbocycles. The maximum atomic E-state index is 11.9. The normalized spacial score (nSPS) is 20.7. The summed E-state index contributed by atoms with van der Waals surface area (Å²) in [5.41, 5.74) is 0. The van der Waals surface area contributed by atoms with Crippen molar-refractivity contribution in [2.75, 3.05) is 13.1 Å². The molecule has 1 aliphatic rings. The van der Waals surface area contributed by atoms with Crippen LogP contribution >= 0.6 is 11.3 Å². The second-order valence-corrected chi connectivity index (χ2v) is 5.24. The summed E-state index contributed by atoms with van der Waals surface area (Å²) in [4.78, 5) is 28.4. The molecule has 1 aliphatic heterocycles. The SMILES string of the molecule is CC(NC(=O)N1CCC(C(=O)O)C1)c1nccs1. The van der Waals surface area contributed by atoms with Gasteiger partial charge in [-0.2, -0.15) is 0 Å². The number of carboxylic acids is 1. The van der Waals surface area contributed by atoms with Crippen LogP contribution in [-0.4, -0.2) is 40.1 Å². The van der Waals surface area contributed by atoms with Gasteiger partial charge in [0.1, 0.15) is 5.01 Å². The van der Waals surface area contributed by atoms with Gasteiger partial charge in [0.2, 0.25) is 0 Å². The molecular weight excluding hydrogens is 254 g/mol. The Kier molecular flexibility index (Phi) is 3.81. The molecule has 2 amide bonds. The monoisotopic (exact) mass is 269 g/mol. The molecule has 1 fully saturated rings. The number of hydrogen-bond acceptors (Lipinski definition) is 4. The van der Waals surface area contributed by atoms with Gasteiger partial charge in [-0.05, 0) is 13.3 Å². The van der Waals surface area contributed by atoms with E-state index in [1.165, 1.54) is 11.3 Å². The van der Waals surface area contributed by atoms with Crippen molar-refractivity contribution < 1.29 is 14.7 Å². The lowest BCUT2D eigenvalue weighted by Gasteiger charge is -2.19. The molecule has 0 radical (unpaired) electrons. The van der Waals surface area contributed by atoms with Crippen molar-refractivity contribution in [3.05, 3.63) is 16.6 Å². The molecule has 1 aromatic rings. The van der Waals surface area contributed by atoms with Crippen LogP contribution in [0.3, 0.4) is 0 Å². The third kappa shape index (κ3) is 2.79. The van der Waals surface area contributed by atoms with Gasteiger partial charge in [-0.25, -0.2) is 9.78 Å². The van der Waals surface area contributed by atoms with Gasteiger partial charge >= 0.3 is 12.0 Å². The Balaban J connectivity index is 1.87. The van der Waals surface area contributed by atoms with E-state index in [2.05, 4.69) is 10.3 Å². The maximum Gasteiger partial charge on any atom is 0.317 e. The summed E-state index contributed by atoms with van der Waals surface area (Å²) in [5, 5.41) is 14.4. The van der Waals surface area contributed by atoms with E-state index in [1.807, 2.05) is 12.3 Å². The van der Waals surface area contributed by atoms with Crippen molar-refractivity contribution >= 4 is 23.3 Å². The fourth-order valence-electron chi connectivity index (χ4n) is 1.93. The first-order valence-electron chi connectivity index (χ1n) is 5.75. The van der Waals surface area contributed by atoms with Crippen LogP contribution in [0.25, 0.3) is 0 Å². The van der Waals surface area contributed by atoms with Gasteiger partial charge in [-0.1, -0.05) is 0 Å². The molecule has 0 aromatic carbocycles. The molecular formula is C11H15N3O3S. The predicted octanol–water partition coefficient (Wildman–Crippen LogP) is 1.32. The van der Waals surface area contributed by atoms with E-state index < -0.39 is 11.9 Å². The molecule has 0 bridgehead atoms. The quantitative estimate of drug-likeness (QED) is 0.867. The van der Waals surface area contributed by atoms with Gasteiger partial charge in [0.15, 0.2) is 0 Å². The van der Waals surface area contributed by atoms with Gasteiger partial charge in [0.25, 0.3) is 0 Å². The number of amides is 2. The average Bonchev–Trinajstić information content (AvgIpc) is 3.00. The van der Waals surface area contributed by atoms with Gasteiger partial charge in [-0.3, -0.25) is 4.79 Å². The van der Waals surface area contributed by atoms with E-state index in [4.69, 9.17) is 5.11 Å². The van der Waals surface area contributed by atoms with Crippen molar-refractivity contribution in [2.45, 2.75) is 19.4 Å². The van der Waals surface area contributed by atoms with Crippen molar-refractivity contribution in [3.63, 3.8) is 0 Å². The zero-order valence-corrected chi connectivity index (χ0v) is 10.8. The lowest BCUT2D eigenvalue weighted by atomic mass is 10.1. The summed E-state index contributed by atoms with van der Waals surface area (Å²) in [6, 6.07) is -0.372. The molecule has 2 atom stereocenters. The van der Waals surface area contributed by atoms with Crippen LogP contribution in [0.5, 0.6) is 0 Å². The minimum atomic E-state index is -0.835. The average molecular weight is 269 g/mol. The van der Waals surface area contributed by atoms with E-state index >= 15 is 0 Å². The zero-order valence-electron chi connectivity index (χ0n) is 10.00. The number of nitrogens with one attached hydrogen (secondary N) is 1. The van der Waals surface area contributed by atoms with E-state index in [-0.39, 0.29) is 18.6 Å². The van der Waals surface area contributed by atoms with Crippen LogP contribution in [0.15, 0.2) is 11.6 Å². The Morgan fingerprint density at radius 2 is 2.44 bits per heavy atom. The van der Waals surface area contributed by atoms with E-state index in [0.717, 1.165) is 5.01 Å². The number of carbonyl (C=O) groups is 2. The van der Waals surface area contributed by atoms with Crippen LogP contribution in [0.1, 0.15) is 24.4 Å². The number of urea groups is 1. The Labute approximate surface area is 109 Å². The number of likely N-dealkylation sites (tertiary alicyclic amines) is 1. The highest BCUT2D eigenvalue weighted by Gasteiger charge is 2.31. The summed E-state index contributed by atoms with van der Waals surface area (Å²) >= 11 is 1.48. The van der Waals surface area contributed by atoms with Crippen LogP contribution in [0, 0.1) is 5.92 Å². The van der Waals surface area contributed by atoms with Gasteiger partial charge in [0.05, 0.1) is 12.0 Å². The highest BCUT2D eigenvalue weighted by Crippen LogP contribution is 2.19. The van der Waals surface area contributed by atoms with Crippen LogP contribution in [-0.2, 0) is 4.79 Å². The predicted molar refractivity (Wildman–Crippen MR) is 66.4 cm³/mol. The molecule has 1 aromatic heterocycles. The highest BCUT2D eigenvalue weighted by molar-refractivity contribution is 7.09. The maximum absolute atomic E-state index is 11.9. The third-order valence-corrected chi connectivity index (χ3v) is 3.94. The first-order valence-corrected chi connectivity index (χ1v) is 6.63. The van der Waals surface area contributed by atoms with Crippen LogP contribution in [0.4, 0.5) is 4.79 Å². The standard InChI is InChI=1S/C11H15N3O3S/c1-7(9-12-3-5-18-9)13-11(17)14-4-2-8(6-14)10(15)16/h3,5,7-8H,2,4,6H2,1H3,(H,13,17)(H,15,16). The highest BCUT2D eigenvalue weighted by atomic mass is 32.1. The number of aliphatic carboxylic acids is 1. The molecule has 2 N–H and O–H groups in total. The zero-order chi connectivity index (χ0) is 13.1. The summed E-state index contributed by atoms with van der Waals surface area (Å²) < 4.78 is 0. The second-order valence-electron chi connectivity index (χ2n) is 4.31. The van der Waals surface area contributed by atoms with E-state index in [0.29, 0.717) is 13.0 Å². The van der Waals surface area contributed by atoms with Crippen molar-refractivity contribution in [1.29, 1.82) is 0 Å². The molecule has 2 unspecified atom stereocenters. The van der Waals surface area contributed by atoms with Gasteiger partial charge < -0.3 is 15.3 Å². The van der Waals surface area contributed by atoms with Gasteiger partial charge in [-0.15, -0.1) is 11.3 Å². The summed E-state index contributed by atoms with van der Waals surface area (Å²) in [6.07, 6.45) is 2.22. The number of carboxylic acid groups (broad SMARTS) is 1. The molecule has 2 rings (SSSR count). The number of carbonyl (C=O) groups excluding carboxylic acids is 1. The molecule has 7 heteroatoms. The number of nitrogens with zero attached hydrogens (tertiary/aromatic N) is 2. The Bertz CT molecular complexity index is 435. The fourth-order valence-corrected chi connectivity index (χ4v) is 2.58. The second kappa shape index (κ2) is 5.34. The molecule has 0 aliphatic carbocycles. The van der Waals surface area contributed by atoms with Crippen LogP contribution < -0.4 is 5.32 Å². The first kappa shape index (κ1) is 12.8. The van der Waals surface area contributed by atoms with Crippen molar-refractivity contribution in [1.82, 2.24) is 15.2 Å². The third-order valence-electron chi connectivity index (χ3n) is 2.99. The first-order chi connectivity index (χ1) is 8.58. The molecule has 98 valence electrons. The lowest BCUT2D eigenvalue weighted by Crippen LogP contribution is -2.40. The number of rotatable bonds is 3. The fraction of sp³-hybridized carbons (Fsp3) is 0.545. The summed E-state index contributed by atoms with van der Waals surface area (Å²) in [6.45, 7) is 2.64. The van der Waals surface area contributed by atoms with Crippen molar-refractivity contribution in [2.24, 2.45) is 5.92 Å². The number of aromatic nitrogens is 1. The summed E-state index contributed by atoms with van der Waals surface area (Å²) in [7, 11) is 0. The molecule has 0 spiro atoms. The molecule has 6 nitrogen and oxygen atoms in total.